The number of benzene rings is 1. The highest BCUT2D eigenvalue weighted by Crippen LogP contribution is 2.20. The fraction of sp³-hybridized carbons (Fsp3) is 0.357. The molecular weight excluding hydrogens is 242 g/mol. The van der Waals surface area contributed by atoms with Crippen molar-refractivity contribution in [1.82, 2.24) is 9.78 Å². The summed E-state index contributed by atoms with van der Waals surface area (Å²) in [5, 5.41) is 5.54. The first-order valence-corrected chi connectivity index (χ1v) is 7.19. The summed E-state index contributed by atoms with van der Waals surface area (Å²) < 4.78 is 1.87. The topological polar surface area (TPSA) is 43.8 Å². The highest BCUT2D eigenvalue weighted by Gasteiger charge is 2.05. The molecule has 0 radical (unpaired) electrons. The van der Waals surface area contributed by atoms with Crippen molar-refractivity contribution in [2.45, 2.75) is 31.8 Å². The first kappa shape index (κ1) is 13.0. The minimum atomic E-state index is 0.732. The number of nitrogens with zero attached hydrogens (tertiary/aromatic N) is 2. The molecule has 0 saturated carbocycles. The zero-order valence-electron chi connectivity index (χ0n) is 10.9. The maximum absolute atomic E-state index is 5.99. The van der Waals surface area contributed by atoms with Gasteiger partial charge in [-0.15, -0.1) is 11.8 Å². The molecule has 3 nitrogen and oxygen atoms in total. The second-order valence-electron chi connectivity index (χ2n) is 4.40. The molecule has 0 unspecified atom stereocenters. The summed E-state index contributed by atoms with van der Waals surface area (Å²) in [6, 6.07) is 10.4. The van der Waals surface area contributed by atoms with E-state index in [1.165, 1.54) is 11.1 Å². The largest absolute Gasteiger partial charge is 0.384 e. The monoisotopic (exact) mass is 261 g/mol. The molecule has 0 spiro atoms. The lowest BCUT2D eigenvalue weighted by Crippen LogP contribution is -2.05. The third kappa shape index (κ3) is 3.29. The Bertz CT molecular complexity index is 520. The molecule has 0 amide bonds. The van der Waals surface area contributed by atoms with Crippen molar-refractivity contribution in [2.75, 3.05) is 11.5 Å². The van der Waals surface area contributed by atoms with Crippen LogP contribution in [0.15, 0.2) is 35.4 Å². The summed E-state index contributed by atoms with van der Waals surface area (Å²) in [7, 11) is 0. The lowest BCUT2D eigenvalue weighted by atomic mass is 10.1. The van der Waals surface area contributed by atoms with Crippen molar-refractivity contribution >= 4 is 17.6 Å². The summed E-state index contributed by atoms with van der Waals surface area (Å²) in [6.07, 6.45) is 1.15. The minimum Gasteiger partial charge on any atom is -0.384 e. The van der Waals surface area contributed by atoms with E-state index in [2.05, 4.69) is 43.2 Å². The maximum Gasteiger partial charge on any atom is 0.123 e. The number of thioether (sulfide) groups is 1. The Kier molecular flexibility index (Phi) is 4.31. The average molecular weight is 261 g/mol. The van der Waals surface area contributed by atoms with Crippen LogP contribution in [0.3, 0.4) is 0 Å². The van der Waals surface area contributed by atoms with Gasteiger partial charge in [0, 0.05) is 6.07 Å². The normalized spacial score (nSPS) is 10.8. The summed E-state index contributed by atoms with van der Waals surface area (Å²) in [4.78, 5) is 0. The molecule has 4 heteroatoms. The SMILES string of the molecule is CCCSc1cc(N)n(Cc2cccc(C)c2)n1. The van der Waals surface area contributed by atoms with Crippen LogP contribution in [0.2, 0.25) is 0 Å². The van der Waals surface area contributed by atoms with E-state index in [9.17, 15) is 0 Å². The van der Waals surface area contributed by atoms with Gasteiger partial charge in [0.15, 0.2) is 0 Å². The summed E-state index contributed by atoms with van der Waals surface area (Å²) in [5.74, 6) is 1.82. The molecule has 2 aromatic rings. The number of rotatable bonds is 5. The summed E-state index contributed by atoms with van der Waals surface area (Å²) >= 11 is 1.76. The smallest absolute Gasteiger partial charge is 0.123 e. The second kappa shape index (κ2) is 5.96. The Labute approximate surface area is 112 Å². The van der Waals surface area contributed by atoms with E-state index in [4.69, 9.17) is 5.73 Å². The molecule has 0 fully saturated rings. The van der Waals surface area contributed by atoms with Crippen LogP contribution in [0.25, 0.3) is 0 Å². The molecule has 96 valence electrons. The highest BCUT2D eigenvalue weighted by atomic mass is 32.2. The standard InChI is InChI=1S/C14H19N3S/c1-3-7-18-14-9-13(15)17(16-14)10-12-6-4-5-11(2)8-12/h4-6,8-9H,3,7,10,15H2,1-2H3. The first-order valence-electron chi connectivity index (χ1n) is 6.20. The Hall–Kier alpha value is -1.42. The van der Waals surface area contributed by atoms with Crippen molar-refractivity contribution in [3.8, 4) is 0 Å². The van der Waals surface area contributed by atoms with Gasteiger partial charge in [0.05, 0.1) is 6.54 Å². The molecule has 18 heavy (non-hydrogen) atoms. The molecule has 2 N–H and O–H groups in total. The summed E-state index contributed by atoms with van der Waals surface area (Å²) in [5.41, 5.74) is 8.48. The first-order chi connectivity index (χ1) is 8.69. The number of anilines is 1. The molecular formula is C14H19N3S. The van der Waals surface area contributed by atoms with E-state index in [-0.39, 0.29) is 0 Å². The van der Waals surface area contributed by atoms with E-state index in [1.54, 1.807) is 11.8 Å². The predicted octanol–water partition coefficient (Wildman–Crippen LogP) is 3.32. The van der Waals surface area contributed by atoms with E-state index in [1.807, 2.05) is 10.7 Å². The molecule has 1 heterocycles. The second-order valence-corrected chi connectivity index (χ2v) is 5.52. The van der Waals surface area contributed by atoms with E-state index in [0.717, 1.165) is 29.6 Å². The molecule has 0 bridgehead atoms. The fourth-order valence-electron chi connectivity index (χ4n) is 1.79. The zero-order chi connectivity index (χ0) is 13.0. The molecule has 0 atom stereocenters. The van der Waals surface area contributed by atoms with Crippen molar-refractivity contribution in [3.63, 3.8) is 0 Å². The molecule has 1 aromatic heterocycles. The maximum atomic E-state index is 5.99. The zero-order valence-corrected chi connectivity index (χ0v) is 11.7. The third-order valence-corrected chi connectivity index (χ3v) is 3.77. The number of aromatic nitrogens is 2. The number of aryl methyl sites for hydroxylation is 1. The van der Waals surface area contributed by atoms with Crippen molar-refractivity contribution in [2.24, 2.45) is 0 Å². The number of nitrogen functional groups attached to an aromatic ring is 1. The van der Waals surface area contributed by atoms with Gasteiger partial charge in [0.2, 0.25) is 0 Å². The Balaban J connectivity index is 2.11. The highest BCUT2D eigenvalue weighted by molar-refractivity contribution is 7.99. The van der Waals surface area contributed by atoms with Gasteiger partial charge in [-0.25, -0.2) is 4.68 Å². The predicted molar refractivity (Wildman–Crippen MR) is 77.9 cm³/mol. The van der Waals surface area contributed by atoms with Crippen LogP contribution in [-0.2, 0) is 6.54 Å². The van der Waals surface area contributed by atoms with Crippen molar-refractivity contribution < 1.29 is 0 Å². The van der Waals surface area contributed by atoms with Gasteiger partial charge >= 0.3 is 0 Å². The van der Waals surface area contributed by atoms with E-state index in [0.29, 0.717) is 0 Å². The van der Waals surface area contributed by atoms with Crippen molar-refractivity contribution in [3.05, 3.63) is 41.5 Å². The molecule has 2 rings (SSSR count). The number of hydrogen-bond acceptors (Lipinski definition) is 3. The molecule has 0 saturated heterocycles. The fourth-order valence-corrected chi connectivity index (χ4v) is 2.57. The van der Waals surface area contributed by atoms with Gasteiger partial charge in [-0.3, -0.25) is 0 Å². The Morgan fingerprint density at radius 2 is 2.17 bits per heavy atom. The van der Waals surface area contributed by atoms with Gasteiger partial charge in [-0.2, -0.15) is 5.10 Å². The van der Waals surface area contributed by atoms with Crippen LogP contribution >= 0.6 is 11.8 Å². The Morgan fingerprint density at radius 3 is 2.89 bits per heavy atom. The van der Waals surface area contributed by atoms with Gasteiger partial charge in [0.25, 0.3) is 0 Å². The number of hydrogen-bond donors (Lipinski definition) is 1. The van der Waals surface area contributed by atoms with Gasteiger partial charge in [-0.05, 0) is 24.7 Å². The van der Waals surface area contributed by atoms with Gasteiger partial charge in [-0.1, -0.05) is 36.8 Å². The van der Waals surface area contributed by atoms with E-state index >= 15 is 0 Å². The van der Waals surface area contributed by atoms with Gasteiger partial charge < -0.3 is 5.73 Å². The summed E-state index contributed by atoms with van der Waals surface area (Å²) in [6.45, 7) is 5.00. The van der Waals surface area contributed by atoms with Crippen molar-refractivity contribution in [1.29, 1.82) is 0 Å². The van der Waals surface area contributed by atoms with Crippen LogP contribution < -0.4 is 5.73 Å². The van der Waals surface area contributed by atoms with Crippen LogP contribution in [0, 0.1) is 6.92 Å². The average Bonchev–Trinajstić information content (AvgIpc) is 2.68. The molecule has 1 aromatic carbocycles. The number of nitrogens with two attached hydrogens (primary N) is 1. The lowest BCUT2D eigenvalue weighted by molar-refractivity contribution is 0.675. The Morgan fingerprint density at radius 1 is 1.33 bits per heavy atom. The lowest BCUT2D eigenvalue weighted by Gasteiger charge is -2.05. The van der Waals surface area contributed by atoms with Gasteiger partial charge in [0.1, 0.15) is 10.8 Å². The molecule has 0 aliphatic heterocycles. The van der Waals surface area contributed by atoms with Crippen LogP contribution in [0.5, 0.6) is 0 Å². The van der Waals surface area contributed by atoms with E-state index < -0.39 is 0 Å². The minimum absolute atomic E-state index is 0.732. The quantitative estimate of drug-likeness (QED) is 0.840. The molecule has 0 aliphatic carbocycles. The third-order valence-electron chi connectivity index (χ3n) is 2.66. The van der Waals surface area contributed by atoms with Crippen LogP contribution in [0.1, 0.15) is 24.5 Å². The van der Waals surface area contributed by atoms with Crippen LogP contribution in [0.4, 0.5) is 5.82 Å². The van der Waals surface area contributed by atoms with Crippen LogP contribution in [-0.4, -0.2) is 15.5 Å². The molecule has 0 aliphatic rings.